The van der Waals surface area contributed by atoms with Gasteiger partial charge in [0.05, 0.1) is 0 Å². The first-order valence-electron chi connectivity index (χ1n) is 8.77. The van der Waals surface area contributed by atoms with Crippen molar-refractivity contribution in [1.82, 2.24) is 0 Å². The summed E-state index contributed by atoms with van der Waals surface area (Å²) in [6, 6.07) is 30.8. The SMILES string of the molecule is CC(CCc1cccc2ccccc12)c1cccc2ccccc12. The minimum atomic E-state index is 0.551. The van der Waals surface area contributed by atoms with Gasteiger partial charge in [0.1, 0.15) is 0 Å². The predicted molar refractivity (Wildman–Crippen MR) is 105 cm³/mol. The lowest BCUT2D eigenvalue weighted by Crippen LogP contribution is -1.98. The summed E-state index contributed by atoms with van der Waals surface area (Å²) in [4.78, 5) is 0. The first kappa shape index (κ1) is 15.0. The van der Waals surface area contributed by atoms with Crippen molar-refractivity contribution in [3.05, 3.63) is 96.1 Å². The lowest BCUT2D eigenvalue weighted by molar-refractivity contribution is 0.686. The first-order chi connectivity index (χ1) is 11.8. The van der Waals surface area contributed by atoms with Crippen molar-refractivity contribution < 1.29 is 0 Å². The van der Waals surface area contributed by atoms with Gasteiger partial charge in [-0.1, -0.05) is 91.9 Å². The lowest BCUT2D eigenvalue weighted by atomic mass is 9.89. The topological polar surface area (TPSA) is 0 Å². The number of rotatable bonds is 4. The third kappa shape index (κ3) is 2.80. The second kappa shape index (κ2) is 6.49. The normalized spacial score (nSPS) is 12.5. The standard InChI is InChI=1S/C24H22/c1-18(22-15-7-12-20-9-3-5-14-24(20)22)16-17-21-11-6-10-19-8-2-4-13-23(19)21/h2-15,18H,16-17H2,1H3. The zero-order valence-electron chi connectivity index (χ0n) is 14.1. The van der Waals surface area contributed by atoms with Crippen molar-refractivity contribution in [3.63, 3.8) is 0 Å². The van der Waals surface area contributed by atoms with Crippen LogP contribution in [-0.4, -0.2) is 0 Å². The van der Waals surface area contributed by atoms with Crippen molar-refractivity contribution in [2.24, 2.45) is 0 Å². The van der Waals surface area contributed by atoms with Gasteiger partial charge in [-0.25, -0.2) is 0 Å². The molecule has 0 saturated heterocycles. The van der Waals surface area contributed by atoms with Crippen LogP contribution < -0.4 is 0 Å². The van der Waals surface area contributed by atoms with E-state index in [4.69, 9.17) is 0 Å². The summed E-state index contributed by atoms with van der Waals surface area (Å²) >= 11 is 0. The quantitative estimate of drug-likeness (QED) is 0.392. The lowest BCUT2D eigenvalue weighted by Gasteiger charge is -2.15. The number of hydrogen-bond donors (Lipinski definition) is 0. The molecule has 0 aromatic heterocycles. The van der Waals surface area contributed by atoms with Crippen LogP contribution >= 0.6 is 0 Å². The van der Waals surface area contributed by atoms with Gasteiger partial charge in [-0.3, -0.25) is 0 Å². The maximum absolute atomic E-state index is 2.35. The number of fused-ring (bicyclic) bond motifs is 2. The Labute approximate surface area is 143 Å². The minimum absolute atomic E-state index is 0.551. The maximum Gasteiger partial charge on any atom is -0.0149 e. The number of hydrogen-bond acceptors (Lipinski definition) is 0. The van der Waals surface area contributed by atoms with Gasteiger partial charge in [0.15, 0.2) is 0 Å². The highest BCUT2D eigenvalue weighted by atomic mass is 14.1. The van der Waals surface area contributed by atoms with E-state index in [1.807, 2.05) is 0 Å². The highest BCUT2D eigenvalue weighted by Gasteiger charge is 2.10. The van der Waals surface area contributed by atoms with Gasteiger partial charge in [0.25, 0.3) is 0 Å². The molecular weight excluding hydrogens is 288 g/mol. The summed E-state index contributed by atoms with van der Waals surface area (Å²) in [6.07, 6.45) is 2.29. The molecule has 0 nitrogen and oxygen atoms in total. The number of benzene rings is 4. The van der Waals surface area contributed by atoms with Crippen LogP contribution in [0.1, 0.15) is 30.4 Å². The molecule has 0 heterocycles. The third-order valence-electron chi connectivity index (χ3n) is 5.08. The summed E-state index contributed by atoms with van der Waals surface area (Å²) in [5.74, 6) is 0.551. The third-order valence-corrected chi connectivity index (χ3v) is 5.08. The summed E-state index contributed by atoms with van der Waals surface area (Å²) in [7, 11) is 0. The molecule has 0 bridgehead atoms. The molecule has 118 valence electrons. The largest absolute Gasteiger partial charge is 0.0616 e. The molecule has 0 fully saturated rings. The van der Waals surface area contributed by atoms with Gasteiger partial charge in [-0.05, 0) is 51.4 Å². The molecule has 0 heteroatoms. The smallest absolute Gasteiger partial charge is 0.0149 e. The molecule has 4 aromatic rings. The predicted octanol–water partition coefficient (Wildman–Crippen LogP) is 6.73. The van der Waals surface area contributed by atoms with Crippen LogP contribution in [0.4, 0.5) is 0 Å². The molecule has 24 heavy (non-hydrogen) atoms. The Morgan fingerprint density at radius 3 is 2.00 bits per heavy atom. The van der Waals surface area contributed by atoms with E-state index in [0.29, 0.717) is 5.92 Å². The maximum atomic E-state index is 2.35. The van der Waals surface area contributed by atoms with E-state index in [1.165, 1.54) is 39.1 Å². The minimum Gasteiger partial charge on any atom is -0.0616 e. The molecule has 4 rings (SSSR count). The summed E-state index contributed by atoms with van der Waals surface area (Å²) in [5, 5.41) is 5.47. The molecule has 0 aliphatic rings. The molecule has 0 spiro atoms. The van der Waals surface area contributed by atoms with Crippen LogP contribution in [0, 0.1) is 0 Å². The molecule has 0 aliphatic heterocycles. The van der Waals surface area contributed by atoms with E-state index in [1.54, 1.807) is 0 Å². The van der Waals surface area contributed by atoms with Crippen molar-refractivity contribution >= 4 is 21.5 Å². The zero-order chi connectivity index (χ0) is 16.4. The molecule has 0 aliphatic carbocycles. The van der Waals surface area contributed by atoms with E-state index in [2.05, 4.69) is 91.9 Å². The summed E-state index contributed by atoms with van der Waals surface area (Å²) in [5.41, 5.74) is 2.92. The van der Waals surface area contributed by atoms with Crippen molar-refractivity contribution in [3.8, 4) is 0 Å². The van der Waals surface area contributed by atoms with E-state index >= 15 is 0 Å². The Kier molecular flexibility index (Phi) is 4.04. The molecule has 0 radical (unpaired) electrons. The Morgan fingerprint density at radius 2 is 1.21 bits per heavy atom. The van der Waals surface area contributed by atoms with Crippen molar-refractivity contribution in [1.29, 1.82) is 0 Å². The molecule has 0 amide bonds. The summed E-state index contributed by atoms with van der Waals surface area (Å²) in [6.45, 7) is 2.35. The molecule has 4 aromatic carbocycles. The van der Waals surface area contributed by atoms with Crippen molar-refractivity contribution in [2.75, 3.05) is 0 Å². The van der Waals surface area contributed by atoms with Crippen LogP contribution in [0.25, 0.3) is 21.5 Å². The van der Waals surface area contributed by atoms with Crippen LogP contribution in [0.3, 0.4) is 0 Å². The fraction of sp³-hybridized carbons (Fsp3) is 0.167. The highest BCUT2D eigenvalue weighted by molar-refractivity contribution is 5.86. The molecule has 1 unspecified atom stereocenters. The summed E-state index contributed by atoms with van der Waals surface area (Å²) < 4.78 is 0. The number of aryl methyl sites for hydroxylation is 1. The Morgan fingerprint density at radius 1 is 0.625 bits per heavy atom. The van der Waals surface area contributed by atoms with E-state index in [-0.39, 0.29) is 0 Å². The molecular formula is C24H22. The Hall–Kier alpha value is -2.60. The van der Waals surface area contributed by atoms with Gasteiger partial charge < -0.3 is 0 Å². The monoisotopic (exact) mass is 310 g/mol. The van der Waals surface area contributed by atoms with Crippen LogP contribution in [-0.2, 0) is 6.42 Å². The van der Waals surface area contributed by atoms with Gasteiger partial charge in [0.2, 0.25) is 0 Å². The van der Waals surface area contributed by atoms with E-state index in [9.17, 15) is 0 Å². The fourth-order valence-electron chi connectivity index (χ4n) is 3.72. The fourth-order valence-corrected chi connectivity index (χ4v) is 3.72. The van der Waals surface area contributed by atoms with Gasteiger partial charge >= 0.3 is 0 Å². The Bertz CT molecular complexity index is 970. The second-order valence-corrected chi connectivity index (χ2v) is 6.65. The van der Waals surface area contributed by atoms with E-state index in [0.717, 1.165) is 6.42 Å². The molecule has 0 saturated carbocycles. The van der Waals surface area contributed by atoms with E-state index < -0.39 is 0 Å². The van der Waals surface area contributed by atoms with Gasteiger partial charge in [0, 0.05) is 0 Å². The van der Waals surface area contributed by atoms with Gasteiger partial charge in [-0.2, -0.15) is 0 Å². The van der Waals surface area contributed by atoms with Crippen LogP contribution in [0.2, 0.25) is 0 Å². The second-order valence-electron chi connectivity index (χ2n) is 6.65. The molecule has 0 N–H and O–H groups in total. The van der Waals surface area contributed by atoms with Crippen LogP contribution in [0.5, 0.6) is 0 Å². The van der Waals surface area contributed by atoms with Gasteiger partial charge in [-0.15, -0.1) is 0 Å². The van der Waals surface area contributed by atoms with Crippen molar-refractivity contribution in [2.45, 2.75) is 25.7 Å². The highest BCUT2D eigenvalue weighted by Crippen LogP contribution is 2.29. The Balaban J connectivity index is 1.61. The zero-order valence-corrected chi connectivity index (χ0v) is 14.1. The average molecular weight is 310 g/mol. The molecule has 1 atom stereocenters. The first-order valence-corrected chi connectivity index (χ1v) is 8.77. The van der Waals surface area contributed by atoms with Crippen LogP contribution in [0.15, 0.2) is 84.9 Å². The average Bonchev–Trinajstić information content (AvgIpc) is 2.65.